The van der Waals surface area contributed by atoms with Crippen molar-refractivity contribution in [1.29, 1.82) is 0 Å². The molecule has 1 fully saturated rings. The Morgan fingerprint density at radius 2 is 2.00 bits per heavy atom. The standard InChI is InChI=1S/C16H24N4O2S/c1-12-4-5-19-11-15(18-16(19)7-12)8-17-23(21,22)20-9-13(2)6-14(3)10-20/h4-5,7,11,13-14,17H,6,8-10H2,1-3H3/t13-,14+. The summed E-state index contributed by atoms with van der Waals surface area (Å²) in [5, 5.41) is 0. The number of aromatic nitrogens is 2. The first kappa shape index (κ1) is 16.4. The maximum absolute atomic E-state index is 12.5. The number of piperidine rings is 1. The van der Waals surface area contributed by atoms with Gasteiger partial charge in [-0.05, 0) is 42.9 Å². The Balaban J connectivity index is 1.70. The summed E-state index contributed by atoms with van der Waals surface area (Å²) < 4.78 is 31.1. The minimum atomic E-state index is -3.46. The predicted octanol–water partition coefficient (Wildman–Crippen LogP) is 1.96. The van der Waals surface area contributed by atoms with Gasteiger partial charge in [-0.2, -0.15) is 17.4 Å². The number of nitrogens with zero attached hydrogens (tertiary/aromatic N) is 3. The van der Waals surface area contributed by atoms with Gasteiger partial charge in [0, 0.05) is 25.5 Å². The van der Waals surface area contributed by atoms with Crippen molar-refractivity contribution in [3.63, 3.8) is 0 Å². The highest BCUT2D eigenvalue weighted by Gasteiger charge is 2.30. The van der Waals surface area contributed by atoms with Crippen LogP contribution in [0.4, 0.5) is 0 Å². The van der Waals surface area contributed by atoms with E-state index in [-0.39, 0.29) is 6.54 Å². The van der Waals surface area contributed by atoms with Gasteiger partial charge in [-0.15, -0.1) is 0 Å². The number of rotatable bonds is 4. The molecule has 126 valence electrons. The largest absolute Gasteiger partial charge is 0.307 e. The average Bonchev–Trinajstić information content (AvgIpc) is 2.86. The second kappa shape index (κ2) is 6.22. The van der Waals surface area contributed by atoms with Crippen molar-refractivity contribution in [3.8, 4) is 0 Å². The zero-order valence-electron chi connectivity index (χ0n) is 13.9. The van der Waals surface area contributed by atoms with Crippen LogP contribution in [0.5, 0.6) is 0 Å². The molecule has 23 heavy (non-hydrogen) atoms. The molecule has 0 saturated carbocycles. The summed E-state index contributed by atoms with van der Waals surface area (Å²) in [6.45, 7) is 7.59. The molecule has 2 atom stereocenters. The van der Waals surface area contributed by atoms with Gasteiger partial charge in [0.2, 0.25) is 0 Å². The lowest BCUT2D eigenvalue weighted by molar-refractivity contribution is 0.220. The van der Waals surface area contributed by atoms with E-state index < -0.39 is 10.2 Å². The summed E-state index contributed by atoms with van der Waals surface area (Å²) in [7, 11) is -3.46. The molecule has 1 N–H and O–H groups in total. The molecule has 0 amide bonds. The van der Waals surface area contributed by atoms with Crippen molar-refractivity contribution in [2.45, 2.75) is 33.7 Å². The Hall–Kier alpha value is -1.44. The van der Waals surface area contributed by atoms with Gasteiger partial charge in [-0.3, -0.25) is 0 Å². The van der Waals surface area contributed by atoms with Crippen LogP contribution >= 0.6 is 0 Å². The molecule has 3 heterocycles. The van der Waals surface area contributed by atoms with Crippen molar-refractivity contribution in [2.75, 3.05) is 13.1 Å². The molecule has 0 bridgehead atoms. The summed E-state index contributed by atoms with van der Waals surface area (Å²) in [6, 6.07) is 3.98. The van der Waals surface area contributed by atoms with E-state index in [1.54, 1.807) is 4.31 Å². The van der Waals surface area contributed by atoms with E-state index in [1.807, 2.05) is 35.9 Å². The Morgan fingerprint density at radius 1 is 1.30 bits per heavy atom. The average molecular weight is 336 g/mol. The third-order valence-corrected chi connectivity index (χ3v) is 5.76. The second-order valence-corrected chi connectivity index (χ2v) is 8.55. The predicted molar refractivity (Wildman–Crippen MR) is 90.2 cm³/mol. The minimum Gasteiger partial charge on any atom is -0.307 e. The SMILES string of the molecule is Cc1ccn2cc(CNS(=O)(=O)N3C[C@H](C)C[C@H](C)C3)nc2c1. The number of nitrogens with one attached hydrogen (secondary N) is 1. The highest BCUT2D eigenvalue weighted by Crippen LogP contribution is 2.22. The van der Waals surface area contributed by atoms with Gasteiger partial charge in [0.25, 0.3) is 10.2 Å². The lowest BCUT2D eigenvalue weighted by Gasteiger charge is -2.33. The maximum atomic E-state index is 12.5. The third kappa shape index (κ3) is 3.73. The number of imidazole rings is 1. The quantitative estimate of drug-likeness (QED) is 0.928. The molecule has 2 aromatic heterocycles. The zero-order chi connectivity index (χ0) is 16.6. The van der Waals surface area contributed by atoms with E-state index in [0.717, 1.165) is 23.3 Å². The highest BCUT2D eigenvalue weighted by atomic mass is 32.2. The van der Waals surface area contributed by atoms with Gasteiger partial charge in [-0.1, -0.05) is 13.8 Å². The monoisotopic (exact) mass is 336 g/mol. The van der Waals surface area contributed by atoms with Gasteiger partial charge in [0.1, 0.15) is 5.65 Å². The molecule has 1 aliphatic rings. The van der Waals surface area contributed by atoms with Crippen LogP contribution in [-0.4, -0.2) is 35.2 Å². The molecule has 0 aromatic carbocycles. The summed E-state index contributed by atoms with van der Waals surface area (Å²) in [5.74, 6) is 0.794. The fraction of sp³-hybridized carbons (Fsp3) is 0.562. The van der Waals surface area contributed by atoms with E-state index in [9.17, 15) is 8.42 Å². The molecular formula is C16H24N4O2S. The van der Waals surface area contributed by atoms with E-state index in [0.29, 0.717) is 24.9 Å². The second-order valence-electron chi connectivity index (χ2n) is 6.79. The van der Waals surface area contributed by atoms with Gasteiger partial charge in [0.15, 0.2) is 0 Å². The molecule has 6 nitrogen and oxygen atoms in total. The number of pyridine rings is 1. The third-order valence-electron chi connectivity index (χ3n) is 4.28. The summed E-state index contributed by atoms with van der Waals surface area (Å²) in [4.78, 5) is 4.47. The first-order valence-corrected chi connectivity index (χ1v) is 9.46. The first-order chi connectivity index (χ1) is 10.8. The smallest absolute Gasteiger partial charge is 0.279 e. The fourth-order valence-electron chi connectivity index (χ4n) is 3.28. The number of aryl methyl sites for hydroxylation is 1. The summed E-state index contributed by atoms with van der Waals surface area (Å²) in [6.07, 6.45) is 4.88. The molecule has 1 saturated heterocycles. The summed E-state index contributed by atoms with van der Waals surface area (Å²) >= 11 is 0. The Kier molecular flexibility index (Phi) is 4.44. The first-order valence-electron chi connectivity index (χ1n) is 8.02. The van der Waals surface area contributed by atoms with Crippen LogP contribution in [0.15, 0.2) is 24.5 Å². The van der Waals surface area contributed by atoms with Crippen LogP contribution in [0.3, 0.4) is 0 Å². The van der Waals surface area contributed by atoms with Crippen LogP contribution < -0.4 is 4.72 Å². The summed E-state index contributed by atoms with van der Waals surface area (Å²) in [5.41, 5.74) is 2.68. The Labute approximate surface area is 137 Å². The number of hydrogen-bond donors (Lipinski definition) is 1. The van der Waals surface area contributed by atoms with Gasteiger partial charge >= 0.3 is 0 Å². The molecule has 0 spiro atoms. The lowest BCUT2D eigenvalue weighted by Crippen LogP contribution is -2.47. The van der Waals surface area contributed by atoms with Crippen LogP contribution in [0.2, 0.25) is 0 Å². The molecule has 0 radical (unpaired) electrons. The van der Waals surface area contributed by atoms with Crippen LogP contribution in [-0.2, 0) is 16.8 Å². The molecule has 2 aromatic rings. The zero-order valence-corrected chi connectivity index (χ0v) is 14.7. The van der Waals surface area contributed by atoms with Gasteiger partial charge in [0.05, 0.1) is 12.2 Å². The van der Waals surface area contributed by atoms with Crippen molar-refractivity contribution in [1.82, 2.24) is 18.4 Å². The minimum absolute atomic E-state index is 0.211. The van der Waals surface area contributed by atoms with E-state index >= 15 is 0 Å². The topological polar surface area (TPSA) is 66.7 Å². The fourth-order valence-corrected chi connectivity index (χ4v) is 4.69. The van der Waals surface area contributed by atoms with Crippen molar-refractivity contribution in [3.05, 3.63) is 35.8 Å². The van der Waals surface area contributed by atoms with E-state index in [2.05, 4.69) is 23.6 Å². The van der Waals surface area contributed by atoms with Crippen LogP contribution in [0.25, 0.3) is 5.65 Å². The van der Waals surface area contributed by atoms with Crippen molar-refractivity contribution < 1.29 is 8.42 Å². The molecule has 3 rings (SSSR count). The van der Waals surface area contributed by atoms with Crippen LogP contribution in [0, 0.1) is 18.8 Å². The van der Waals surface area contributed by atoms with E-state index in [4.69, 9.17) is 0 Å². The molecule has 7 heteroatoms. The molecule has 0 aliphatic carbocycles. The van der Waals surface area contributed by atoms with Crippen molar-refractivity contribution in [2.24, 2.45) is 11.8 Å². The number of fused-ring (bicyclic) bond motifs is 1. The molecule has 0 unspecified atom stereocenters. The molecular weight excluding hydrogens is 312 g/mol. The highest BCUT2D eigenvalue weighted by molar-refractivity contribution is 7.87. The number of hydrogen-bond acceptors (Lipinski definition) is 3. The van der Waals surface area contributed by atoms with Gasteiger partial charge in [-0.25, -0.2) is 4.98 Å². The van der Waals surface area contributed by atoms with Crippen LogP contribution in [0.1, 0.15) is 31.5 Å². The van der Waals surface area contributed by atoms with Gasteiger partial charge < -0.3 is 4.40 Å². The Morgan fingerprint density at radius 3 is 2.70 bits per heavy atom. The van der Waals surface area contributed by atoms with E-state index in [1.165, 1.54) is 0 Å². The maximum Gasteiger partial charge on any atom is 0.279 e. The normalized spacial score (nSPS) is 23.4. The van der Waals surface area contributed by atoms with Crippen molar-refractivity contribution >= 4 is 15.9 Å². The molecule has 1 aliphatic heterocycles. The Bertz CT molecular complexity index is 790. The lowest BCUT2D eigenvalue weighted by atomic mass is 9.94.